The van der Waals surface area contributed by atoms with E-state index in [2.05, 4.69) is 24.4 Å². The molecule has 0 aliphatic heterocycles. The van der Waals surface area contributed by atoms with Crippen LogP contribution in [-0.2, 0) is 40.0 Å². The molecule has 0 saturated heterocycles. The van der Waals surface area contributed by atoms with E-state index in [0.717, 1.165) is 0 Å². The molecule has 0 atom stereocenters. The molecule has 0 bridgehead atoms. The number of ether oxygens (including phenoxy) is 5. The second-order valence-electron chi connectivity index (χ2n) is 5.49. The van der Waals surface area contributed by atoms with Crippen molar-refractivity contribution >= 4 is 29.1 Å². The Labute approximate surface area is 158 Å². The molecule has 3 N–H and O–H groups in total. The third-order valence-corrected chi connectivity index (χ3v) is 3.33. The topological polar surface area (TPSA) is 170 Å². The van der Waals surface area contributed by atoms with Gasteiger partial charge in [-0.1, -0.05) is 0 Å². The lowest BCUT2D eigenvalue weighted by atomic mass is 10.4. The molecule has 0 aliphatic carbocycles. The van der Waals surface area contributed by atoms with E-state index < -0.39 is 23.6 Å². The van der Waals surface area contributed by atoms with Gasteiger partial charge in [-0.3, -0.25) is 14.3 Å². The van der Waals surface area contributed by atoms with E-state index in [9.17, 15) is 14.4 Å². The lowest BCUT2D eigenvalue weighted by Crippen LogP contribution is -2.30. The molecule has 0 spiro atoms. The van der Waals surface area contributed by atoms with Crippen molar-refractivity contribution in [1.82, 2.24) is 19.5 Å². The molecular weight excluding hydrogens is 378 g/mol. The summed E-state index contributed by atoms with van der Waals surface area (Å²) in [5.41, 5.74) is 5.36. The first-order chi connectivity index (χ1) is 13.4. The molecule has 0 unspecified atom stereocenters. The lowest BCUT2D eigenvalue weighted by molar-refractivity contribution is -0.161. The van der Waals surface area contributed by atoms with Crippen molar-refractivity contribution in [2.75, 3.05) is 46.4 Å². The average molecular weight is 399 g/mol. The molecule has 0 aromatic carbocycles. The molecule has 154 valence electrons. The third-order valence-electron chi connectivity index (χ3n) is 3.33. The minimum atomic E-state index is -0.793. The Bertz CT molecular complexity index is 842. The Balaban J connectivity index is 2.03. The normalized spacial score (nSPS) is 11.1. The Morgan fingerprint density at radius 3 is 2.36 bits per heavy atom. The van der Waals surface area contributed by atoms with E-state index in [4.69, 9.17) is 19.9 Å². The molecule has 0 radical (unpaired) electrons. The summed E-state index contributed by atoms with van der Waals surface area (Å²) in [6.45, 7) is -0.945. The molecular formula is C15H21N5O8. The zero-order chi connectivity index (χ0) is 20.5. The monoisotopic (exact) mass is 399 g/mol. The number of hydrogen-bond donors (Lipinski definition) is 2. The van der Waals surface area contributed by atoms with Crippen molar-refractivity contribution in [1.29, 1.82) is 0 Å². The highest BCUT2D eigenvalue weighted by atomic mass is 16.6. The van der Waals surface area contributed by atoms with Crippen molar-refractivity contribution in [3.63, 3.8) is 0 Å². The number of aromatic amines is 1. The number of hydrogen-bond acceptors (Lipinski definition) is 11. The van der Waals surface area contributed by atoms with Crippen LogP contribution < -0.4 is 11.3 Å². The van der Waals surface area contributed by atoms with Gasteiger partial charge in [-0.15, -0.1) is 0 Å². The fraction of sp³-hybridized carbons (Fsp3) is 0.533. The van der Waals surface area contributed by atoms with Crippen LogP contribution in [0.1, 0.15) is 0 Å². The number of aromatic nitrogens is 4. The number of imidazole rings is 1. The van der Waals surface area contributed by atoms with E-state index in [0.29, 0.717) is 0 Å². The Morgan fingerprint density at radius 2 is 1.79 bits per heavy atom. The first-order valence-corrected chi connectivity index (χ1v) is 8.06. The molecule has 2 heterocycles. The number of carbonyl (C=O) groups is 2. The van der Waals surface area contributed by atoms with Crippen LogP contribution in [0.5, 0.6) is 0 Å². The summed E-state index contributed by atoms with van der Waals surface area (Å²) in [6.07, 6.45) is 0.551. The number of H-pyrrole nitrogens is 1. The Hall–Kier alpha value is -3.03. The number of nitrogen functional groups attached to an aromatic ring is 1. The number of nitrogens with one attached hydrogen (secondary N) is 1. The van der Waals surface area contributed by atoms with Gasteiger partial charge in [0.25, 0.3) is 5.56 Å². The lowest BCUT2D eigenvalue weighted by Gasteiger charge is -2.18. The van der Waals surface area contributed by atoms with Gasteiger partial charge in [0.2, 0.25) is 5.95 Å². The molecule has 0 aliphatic rings. The Kier molecular flexibility index (Phi) is 7.86. The van der Waals surface area contributed by atoms with E-state index in [1.54, 1.807) is 0 Å². The molecule has 2 rings (SSSR count). The van der Waals surface area contributed by atoms with E-state index in [-0.39, 0.29) is 50.3 Å². The van der Waals surface area contributed by atoms with Gasteiger partial charge in [0.1, 0.15) is 39.3 Å². The summed E-state index contributed by atoms with van der Waals surface area (Å²) >= 11 is 0. The van der Waals surface area contributed by atoms with Gasteiger partial charge in [-0.2, -0.15) is 4.98 Å². The number of esters is 2. The van der Waals surface area contributed by atoms with Crippen LogP contribution in [-0.4, -0.2) is 78.2 Å². The SMILES string of the molecule is COCC(=O)OCC(COC(=O)COC)OCn1cnc2c(=O)[nH]c(N)nc21. The minimum absolute atomic E-state index is 0.0715. The van der Waals surface area contributed by atoms with E-state index >= 15 is 0 Å². The van der Waals surface area contributed by atoms with Crippen molar-refractivity contribution in [2.45, 2.75) is 12.8 Å². The van der Waals surface area contributed by atoms with Gasteiger partial charge < -0.3 is 29.4 Å². The standard InChI is InChI=1S/C15H21N5O8/c1-24-5-10(21)26-3-9(4-27-11(22)6-25-2)28-8-20-7-17-12-13(20)18-15(16)19-14(12)23/h7,9H,3-6,8H2,1-2H3,(H3,16,18,19,23). The molecule has 28 heavy (non-hydrogen) atoms. The molecule has 0 fully saturated rings. The first-order valence-electron chi connectivity index (χ1n) is 8.06. The summed E-state index contributed by atoms with van der Waals surface area (Å²) in [6, 6.07) is 0. The highest BCUT2D eigenvalue weighted by molar-refractivity contribution is 5.71. The van der Waals surface area contributed by atoms with Gasteiger partial charge in [0.05, 0.1) is 6.33 Å². The summed E-state index contributed by atoms with van der Waals surface area (Å²) < 4.78 is 26.4. The minimum Gasteiger partial charge on any atom is -0.461 e. The maximum atomic E-state index is 11.8. The van der Waals surface area contributed by atoms with Gasteiger partial charge in [-0.25, -0.2) is 14.6 Å². The van der Waals surface area contributed by atoms with Crippen LogP contribution >= 0.6 is 0 Å². The van der Waals surface area contributed by atoms with Crippen LogP contribution in [0.15, 0.2) is 11.1 Å². The van der Waals surface area contributed by atoms with Crippen LogP contribution in [0.3, 0.4) is 0 Å². The number of rotatable bonds is 11. The number of anilines is 1. The summed E-state index contributed by atoms with van der Waals surface area (Å²) in [5.74, 6) is -1.28. The van der Waals surface area contributed by atoms with Crippen LogP contribution in [0, 0.1) is 0 Å². The maximum absolute atomic E-state index is 11.8. The van der Waals surface area contributed by atoms with E-state index in [1.807, 2.05) is 0 Å². The van der Waals surface area contributed by atoms with Crippen LogP contribution in [0.4, 0.5) is 5.95 Å². The maximum Gasteiger partial charge on any atom is 0.332 e. The first kappa shape index (κ1) is 21.3. The zero-order valence-corrected chi connectivity index (χ0v) is 15.4. The number of nitrogens with zero attached hydrogens (tertiary/aromatic N) is 3. The molecule has 2 aromatic rings. The largest absolute Gasteiger partial charge is 0.461 e. The van der Waals surface area contributed by atoms with Crippen molar-refractivity contribution in [3.05, 3.63) is 16.7 Å². The summed E-state index contributed by atoms with van der Waals surface area (Å²) in [4.78, 5) is 45.0. The number of methoxy groups -OCH3 is 2. The molecule has 0 amide bonds. The van der Waals surface area contributed by atoms with Gasteiger partial charge >= 0.3 is 11.9 Å². The van der Waals surface area contributed by atoms with Crippen LogP contribution in [0.25, 0.3) is 11.2 Å². The fourth-order valence-corrected chi connectivity index (χ4v) is 2.09. The highest BCUT2D eigenvalue weighted by Gasteiger charge is 2.17. The van der Waals surface area contributed by atoms with Crippen molar-refractivity contribution in [3.8, 4) is 0 Å². The Morgan fingerprint density at radius 1 is 1.18 bits per heavy atom. The number of fused-ring (bicyclic) bond motifs is 1. The predicted octanol–water partition coefficient (Wildman–Crippen LogP) is -1.58. The number of nitrogens with two attached hydrogens (primary N) is 1. The van der Waals surface area contributed by atoms with Gasteiger partial charge in [-0.05, 0) is 0 Å². The van der Waals surface area contributed by atoms with Gasteiger partial charge in [0, 0.05) is 14.2 Å². The van der Waals surface area contributed by atoms with Crippen molar-refractivity contribution < 1.29 is 33.3 Å². The predicted molar refractivity (Wildman–Crippen MR) is 93.1 cm³/mol. The van der Waals surface area contributed by atoms with Crippen LogP contribution in [0.2, 0.25) is 0 Å². The fourth-order valence-electron chi connectivity index (χ4n) is 2.09. The molecule has 13 nitrogen and oxygen atoms in total. The smallest absolute Gasteiger partial charge is 0.332 e. The second-order valence-corrected chi connectivity index (χ2v) is 5.49. The van der Waals surface area contributed by atoms with Gasteiger partial charge in [0.15, 0.2) is 11.2 Å². The molecule has 2 aromatic heterocycles. The summed E-state index contributed by atoms with van der Waals surface area (Å²) in [5, 5.41) is 0. The average Bonchev–Trinajstić information content (AvgIpc) is 3.04. The summed E-state index contributed by atoms with van der Waals surface area (Å²) in [7, 11) is 2.71. The molecule has 0 saturated carbocycles. The highest BCUT2D eigenvalue weighted by Crippen LogP contribution is 2.08. The number of carbonyl (C=O) groups excluding carboxylic acids is 2. The second kappa shape index (κ2) is 10.3. The molecule has 13 heteroatoms. The van der Waals surface area contributed by atoms with E-state index in [1.165, 1.54) is 25.1 Å². The quantitative estimate of drug-likeness (QED) is 0.418. The zero-order valence-electron chi connectivity index (χ0n) is 15.4. The third kappa shape index (κ3) is 6.00. The van der Waals surface area contributed by atoms with Crippen molar-refractivity contribution in [2.24, 2.45) is 0 Å².